The molecule has 0 heterocycles. The van der Waals surface area contributed by atoms with Gasteiger partial charge in [0.25, 0.3) is 0 Å². The molecule has 70 valence electrons. The van der Waals surface area contributed by atoms with Crippen LogP contribution in [0.3, 0.4) is 0 Å². The molecule has 0 atom stereocenters. The van der Waals surface area contributed by atoms with Gasteiger partial charge in [0, 0.05) is 0 Å². The van der Waals surface area contributed by atoms with E-state index in [0.717, 1.165) is 0 Å². The van der Waals surface area contributed by atoms with Crippen molar-refractivity contribution in [3.8, 4) is 0 Å². The number of methoxy groups -OCH3 is 1. The molecule has 0 fully saturated rings. The predicted molar refractivity (Wildman–Crippen MR) is 39.9 cm³/mol. The maximum absolute atomic E-state index is 10.5. The van der Waals surface area contributed by atoms with Crippen LogP contribution >= 0.6 is 0 Å². The summed E-state index contributed by atoms with van der Waals surface area (Å²) in [7, 11) is 1.32. The molecular weight excluding hydrogens is 166 g/mol. The molecule has 0 aromatic carbocycles. The van der Waals surface area contributed by atoms with Crippen LogP contribution in [-0.2, 0) is 14.3 Å². The number of nitrogens with one attached hydrogen (secondary N) is 1. The second-order valence-electron chi connectivity index (χ2n) is 1.53. The summed E-state index contributed by atoms with van der Waals surface area (Å²) in [5, 5.41) is 3.26. The van der Waals surface area contributed by atoms with Gasteiger partial charge in [-0.1, -0.05) is 5.10 Å². The van der Waals surface area contributed by atoms with Gasteiger partial charge in [-0.15, -0.1) is 5.59 Å². The third-order valence-electron chi connectivity index (χ3n) is 0.756. The molecule has 0 rings (SSSR count). The maximum atomic E-state index is 10.5. The monoisotopic (exact) mass is 177 g/mol. The van der Waals surface area contributed by atoms with Gasteiger partial charge in [-0.05, 0) is 6.92 Å². The largest absolute Gasteiger partial charge is 0.534 e. The Morgan fingerprint density at radius 1 is 1.67 bits per heavy atom. The first-order chi connectivity index (χ1) is 5.70. The molecule has 0 bridgehead atoms. The van der Waals surface area contributed by atoms with Crippen LogP contribution in [0.1, 0.15) is 6.92 Å². The lowest BCUT2D eigenvalue weighted by Gasteiger charge is -2.01. The van der Waals surface area contributed by atoms with Gasteiger partial charge in [-0.3, -0.25) is 4.84 Å². The molecule has 0 spiro atoms. The molecule has 3 N–H and O–H groups in total. The number of nitrogens with zero attached hydrogens (tertiary/aromatic N) is 1. The average Bonchev–Trinajstić information content (AvgIpc) is 2.04. The van der Waals surface area contributed by atoms with Crippen molar-refractivity contribution in [2.75, 3.05) is 13.7 Å². The Morgan fingerprint density at radius 3 is 2.83 bits per heavy atom. The molecule has 0 radical (unpaired) electrons. The number of hydrogen-bond donors (Lipinski definition) is 2. The first kappa shape index (κ1) is 10.3. The Balaban J connectivity index is 3.48. The minimum Gasteiger partial charge on any atom is -0.467 e. The van der Waals surface area contributed by atoms with Gasteiger partial charge in [0.1, 0.15) is 0 Å². The summed E-state index contributed by atoms with van der Waals surface area (Å²) in [5.74, 6) is 0. The fraction of sp³-hybridized carbons (Fsp3) is 0.600. The quantitative estimate of drug-likeness (QED) is 0.262. The Kier molecular flexibility index (Phi) is 5.24. The van der Waals surface area contributed by atoms with E-state index < -0.39 is 6.16 Å². The Bertz CT molecular complexity index is 170. The molecular formula is C5H11N3O4. The summed E-state index contributed by atoms with van der Waals surface area (Å²) < 4.78 is 8.81. The summed E-state index contributed by atoms with van der Waals surface area (Å²) >= 11 is 0. The average molecular weight is 177 g/mol. The minimum atomic E-state index is -0.884. The standard InChI is InChI=1S/C5H11N3O4/c1-3-11-5(9)12-8-7-4(6)10-2/h8H,3H2,1-2H3,(H2,6,7). The van der Waals surface area contributed by atoms with Crippen molar-refractivity contribution in [1.82, 2.24) is 5.59 Å². The summed E-state index contributed by atoms with van der Waals surface area (Å²) in [4.78, 5) is 14.7. The van der Waals surface area contributed by atoms with Crippen molar-refractivity contribution in [2.24, 2.45) is 10.8 Å². The third-order valence-corrected chi connectivity index (χ3v) is 0.756. The lowest BCUT2D eigenvalue weighted by Crippen LogP contribution is -2.22. The van der Waals surface area contributed by atoms with Gasteiger partial charge in [0.15, 0.2) is 0 Å². The molecule has 0 aromatic rings. The molecule has 0 aliphatic heterocycles. The van der Waals surface area contributed by atoms with Crippen molar-refractivity contribution < 1.29 is 19.1 Å². The van der Waals surface area contributed by atoms with Crippen LogP contribution in [0.4, 0.5) is 4.79 Å². The molecule has 0 saturated carbocycles. The highest BCUT2D eigenvalue weighted by molar-refractivity contribution is 5.70. The molecule has 7 nitrogen and oxygen atoms in total. The van der Waals surface area contributed by atoms with E-state index in [1.807, 2.05) is 5.59 Å². The summed E-state index contributed by atoms with van der Waals surface area (Å²) in [6.45, 7) is 1.87. The van der Waals surface area contributed by atoms with Crippen molar-refractivity contribution in [3.63, 3.8) is 0 Å². The normalized spacial score (nSPS) is 10.3. The van der Waals surface area contributed by atoms with E-state index in [-0.39, 0.29) is 12.6 Å². The van der Waals surface area contributed by atoms with E-state index in [9.17, 15) is 4.79 Å². The number of hydrazone groups is 1. The summed E-state index contributed by atoms with van der Waals surface area (Å²) in [6.07, 6.45) is -0.884. The second kappa shape index (κ2) is 6.08. The van der Waals surface area contributed by atoms with Crippen LogP contribution in [0.2, 0.25) is 0 Å². The minimum absolute atomic E-state index is 0.153. The molecule has 0 unspecified atom stereocenters. The van der Waals surface area contributed by atoms with Crippen LogP contribution in [0.25, 0.3) is 0 Å². The smallest absolute Gasteiger partial charge is 0.467 e. The summed E-state index contributed by atoms with van der Waals surface area (Å²) in [6, 6.07) is -0.153. The van der Waals surface area contributed by atoms with E-state index in [4.69, 9.17) is 5.73 Å². The number of ether oxygens (including phenoxy) is 2. The first-order valence-electron chi connectivity index (χ1n) is 3.16. The summed E-state index contributed by atoms with van der Waals surface area (Å²) in [5.41, 5.74) is 6.95. The Hall–Kier alpha value is -1.66. The highest BCUT2D eigenvalue weighted by atomic mass is 16.8. The predicted octanol–water partition coefficient (Wildman–Crippen LogP) is -0.460. The third kappa shape index (κ3) is 5.15. The lowest BCUT2D eigenvalue weighted by atomic mass is 10.9. The van der Waals surface area contributed by atoms with Crippen LogP contribution in [-0.4, -0.2) is 25.9 Å². The molecule has 0 saturated heterocycles. The first-order valence-corrected chi connectivity index (χ1v) is 3.16. The molecule has 7 heteroatoms. The van der Waals surface area contributed by atoms with E-state index >= 15 is 0 Å². The van der Waals surface area contributed by atoms with E-state index in [0.29, 0.717) is 0 Å². The topological polar surface area (TPSA) is 95.2 Å². The molecule has 0 amide bonds. The maximum Gasteiger partial charge on any atom is 0.534 e. The zero-order valence-corrected chi connectivity index (χ0v) is 6.86. The van der Waals surface area contributed by atoms with E-state index in [1.54, 1.807) is 6.92 Å². The molecule has 0 aliphatic carbocycles. The number of amidine groups is 1. The fourth-order valence-corrected chi connectivity index (χ4v) is 0.298. The van der Waals surface area contributed by atoms with Gasteiger partial charge in [-0.25, -0.2) is 4.79 Å². The Labute approximate surface area is 69.4 Å². The number of rotatable bonds is 3. The number of nitrogens with two attached hydrogens (primary N) is 1. The van der Waals surface area contributed by atoms with E-state index in [2.05, 4.69) is 19.4 Å². The second-order valence-corrected chi connectivity index (χ2v) is 1.53. The molecule has 12 heavy (non-hydrogen) atoms. The number of carbonyl (C=O) groups is 1. The zero-order valence-electron chi connectivity index (χ0n) is 6.86. The van der Waals surface area contributed by atoms with Crippen LogP contribution < -0.4 is 11.3 Å². The van der Waals surface area contributed by atoms with Crippen molar-refractivity contribution in [1.29, 1.82) is 0 Å². The van der Waals surface area contributed by atoms with Crippen molar-refractivity contribution in [3.05, 3.63) is 0 Å². The van der Waals surface area contributed by atoms with Gasteiger partial charge in [-0.2, -0.15) is 0 Å². The van der Waals surface area contributed by atoms with Crippen LogP contribution in [0, 0.1) is 0 Å². The van der Waals surface area contributed by atoms with Crippen molar-refractivity contribution in [2.45, 2.75) is 6.92 Å². The van der Waals surface area contributed by atoms with Gasteiger partial charge < -0.3 is 15.2 Å². The SMILES string of the molecule is CCOC(=O)ONN=C(N)OC. The molecule has 0 aromatic heterocycles. The van der Waals surface area contributed by atoms with Crippen LogP contribution in [0.5, 0.6) is 0 Å². The van der Waals surface area contributed by atoms with Crippen molar-refractivity contribution >= 4 is 12.2 Å². The van der Waals surface area contributed by atoms with Gasteiger partial charge >= 0.3 is 12.2 Å². The van der Waals surface area contributed by atoms with E-state index in [1.165, 1.54) is 7.11 Å². The van der Waals surface area contributed by atoms with Crippen LogP contribution in [0.15, 0.2) is 5.10 Å². The lowest BCUT2D eigenvalue weighted by molar-refractivity contribution is 0.0195. The highest BCUT2D eigenvalue weighted by Gasteiger charge is 1.99. The van der Waals surface area contributed by atoms with Gasteiger partial charge in [0.2, 0.25) is 0 Å². The highest BCUT2D eigenvalue weighted by Crippen LogP contribution is 1.80. The Morgan fingerprint density at radius 2 is 2.33 bits per heavy atom. The molecule has 0 aliphatic rings. The number of carbonyl (C=O) groups excluding carboxylic acids is 1. The fourth-order valence-electron chi connectivity index (χ4n) is 0.298. The van der Waals surface area contributed by atoms with Gasteiger partial charge in [0.05, 0.1) is 13.7 Å². The number of hydrogen-bond acceptors (Lipinski definition) is 6. The zero-order chi connectivity index (χ0) is 9.40.